The average molecular weight is 224 g/mol. The van der Waals surface area contributed by atoms with E-state index in [-0.39, 0.29) is 0 Å². The van der Waals surface area contributed by atoms with E-state index < -0.39 is 0 Å². The molecule has 1 aromatic rings. The Hall–Kier alpha value is 0.210. The van der Waals surface area contributed by atoms with E-state index in [0.29, 0.717) is 11.8 Å². The van der Waals surface area contributed by atoms with Gasteiger partial charge in [-0.15, -0.1) is 22.9 Å². The Kier molecular flexibility index (Phi) is 4.33. The zero-order valence-corrected chi connectivity index (χ0v) is 9.22. The van der Waals surface area contributed by atoms with Crippen LogP contribution >= 0.6 is 34.5 Å². The van der Waals surface area contributed by atoms with Crippen molar-refractivity contribution in [2.45, 2.75) is 19.8 Å². The normalized spacial score (nSPS) is 13.2. The molecule has 0 N–H and O–H groups in total. The first-order chi connectivity index (χ1) is 5.77. The van der Waals surface area contributed by atoms with Gasteiger partial charge in [0, 0.05) is 5.88 Å². The lowest BCUT2D eigenvalue weighted by atomic mass is 10.0. The van der Waals surface area contributed by atoms with E-state index >= 15 is 0 Å². The number of aromatic nitrogens is 1. The molecule has 68 valence electrons. The molecule has 1 nitrogen and oxygen atoms in total. The van der Waals surface area contributed by atoms with Gasteiger partial charge in [0.1, 0.15) is 4.34 Å². The molecule has 1 heterocycles. The lowest BCUT2D eigenvalue weighted by Crippen LogP contribution is -2.05. The van der Waals surface area contributed by atoms with E-state index in [9.17, 15) is 0 Å². The van der Waals surface area contributed by atoms with Crippen LogP contribution in [0.2, 0.25) is 4.34 Å². The molecule has 0 aliphatic carbocycles. The van der Waals surface area contributed by atoms with Gasteiger partial charge in [0.05, 0.1) is 11.2 Å². The Morgan fingerprint density at radius 1 is 1.67 bits per heavy atom. The lowest BCUT2D eigenvalue weighted by molar-refractivity contribution is 0.560. The number of rotatable bonds is 4. The van der Waals surface area contributed by atoms with Gasteiger partial charge in [0.2, 0.25) is 0 Å². The standard InChI is InChI=1S/C8H11Cl2NS/c1-2-6(4-9)3-7-8(10)12-5-11-7/h5-6H,2-4H2,1H3. The maximum atomic E-state index is 5.91. The number of hydrogen-bond acceptors (Lipinski definition) is 2. The fraction of sp³-hybridized carbons (Fsp3) is 0.625. The molecule has 4 heteroatoms. The third kappa shape index (κ3) is 2.61. The highest BCUT2D eigenvalue weighted by Gasteiger charge is 2.10. The van der Waals surface area contributed by atoms with Crippen molar-refractivity contribution in [2.24, 2.45) is 5.92 Å². The summed E-state index contributed by atoms with van der Waals surface area (Å²) < 4.78 is 0.804. The van der Waals surface area contributed by atoms with Gasteiger partial charge in [-0.2, -0.15) is 0 Å². The molecule has 0 bridgehead atoms. The van der Waals surface area contributed by atoms with E-state index in [2.05, 4.69) is 11.9 Å². The summed E-state index contributed by atoms with van der Waals surface area (Å²) in [5.74, 6) is 1.19. The summed E-state index contributed by atoms with van der Waals surface area (Å²) in [4.78, 5) is 4.18. The molecule has 0 fully saturated rings. The molecule has 1 atom stereocenters. The number of halogens is 2. The zero-order chi connectivity index (χ0) is 8.97. The average Bonchev–Trinajstić information content (AvgIpc) is 2.47. The summed E-state index contributed by atoms with van der Waals surface area (Å²) in [6.07, 6.45) is 1.99. The van der Waals surface area contributed by atoms with Gasteiger partial charge < -0.3 is 0 Å². The Morgan fingerprint density at radius 2 is 2.42 bits per heavy atom. The van der Waals surface area contributed by atoms with Crippen molar-refractivity contribution in [1.82, 2.24) is 4.98 Å². The minimum absolute atomic E-state index is 0.506. The molecular weight excluding hydrogens is 213 g/mol. The van der Waals surface area contributed by atoms with Crippen molar-refractivity contribution >= 4 is 34.5 Å². The largest absolute Gasteiger partial charge is 0.248 e. The monoisotopic (exact) mass is 223 g/mol. The molecule has 12 heavy (non-hydrogen) atoms. The van der Waals surface area contributed by atoms with Crippen LogP contribution in [-0.4, -0.2) is 10.9 Å². The van der Waals surface area contributed by atoms with Crippen LogP contribution in [0.5, 0.6) is 0 Å². The molecule has 0 aliphatic rings. The highest BCUT2D eigenvalue weighted by Crippen LogP contribution is 2.23. The number of nitrogens with zero attached hydrogens (tertiary/aromatic N) is 1. The van der Waals surface area contributed by atoms with E-state index in [1.165, 1.54) is 11.3 Å². The summed E-state index contributed by atoms with van der Waals surface area (Å²) in [5.41, 5.74) is 2.77. The summed E-state index contributed by atoms with van der Waals surface area (Å²) >= 11 is 13.2. The van der Waals surface area contributed by atoms with Crippen LogP contribution in [0.1, 0.15) is 19.0 Å². The summed E-state index contributed by atoms with van der Waals surface area (Å²) in [6, 6.07) is 0. The van der Waals surface area contributed by atoms with Crippen LogP contribution in [0.4, 0.5) is 0 Å². The molecule has 0 aliphatic heterocycles. The van der Waals surface area contributed by atoms with Crippen molar-refractivity contribution < 1.29 is 0 Å². The number of alkyl halides is 1. The topological polar surface area (TPSA) is 12.9 Å². The van der Waals surface area contributed by atoms with E-state index in [1.807, 2.05) is 0 Å². The molecule has 1 aromatic heterocycles. The Balaban J connectivity index is 2.56. The maximum absolute atomic E-state index is 5.91. The Morgan fingerprint density at radius 3 is 2.83 bits per heavy atom. The second-order valence-corrected chi connectivity index (χ2v) is 4.47. The van der Waals surface area contributed by atoms with Crippen LogP contribution in [-0.2, 0) is 6.42 Å². The van der Waals surface area contributed by atoms with Gasteiger partial charge in [-0.05, 0) is 12.3 Å². The minimum atomic E-state index is 0.506. The Bertz CT molecular complexity index is 233. The predicted octanol–water partition coefficient (Wildman–Crippen LogP) is 3.60. The highest BCUT2D eigenvalue weighted by atomic mass is 35.5. The van der Waals surface area contributed by atoms with Gasteiger partial charge >= 0.3 is 0 Å². The Labute approximate surface area is 86.7 Å². The molecule has 1 unspecified atom stereocenters. The fourth-order valence-electron chi connectivity index (χ4n) is 0.969. The van der Waals surface area contributed by atoms with Crippen molar-refractivity contribution in [3.63, 3.8) is 0 Å². The van der Waals surface area contributed by atoms with Gasteiger partial charge in [-0.3, -0.25) is 0 Å². The first kappa shape index (κ1) is 10.3. The quantitative estimate of drug-likeness (QED) is 0.712. The van der Waals surface area contributed by atoms with E-state index in [4.69, 9.17) is 23.2 Å². The first-order valence-corrected chi connectivity index (χ1v) is 5.71. The van der Waals surface area contributed by atoms with Gasteiger partial charge in [-0.1, -0.05) is 24.9 Å². The summed E-state index contributed by atoms with van der Waals surface area (Å²) in [6.45, 7) is 2.13. The molecule has 1 rings (SSSR count). The molecule has 0 amide bonds. The summed E-state index contributed by atoms with van der Waals surface area (Å²) in [7, 11) is 0. The zero-order valence-electron chi connectivity index (χ0n) is 6.89. The van der Waals surface area contributed by atoms with E-state index in [1.54, 1.807) is 5.51 Å². The molecule has 0 aromatic carbocycles. The fourth-order valence-corrected chi connectivity index (χ4v) is 2.09. The molecular formula is C8H11Cl2NS. The second kappa shape index (κ2) is 5.05. The van der Waals surface area contributed by atoms with E-state index in [0.717, 1.165) is 22.9 Å². The van der Waals surface area contributed by atoms with Crippen molar-refractivity contribution in [3.8, 4) is 0 Å². The van der Waals surface area contributed by atoms with Gasteiger partial charge in [-0.25, -0.2) is 4.98 Å². The minimum Gasteiger partial charge on any atom is -0.248 e. The molecule has 0 radical (unpaired) electrons. The number of thiazole rings is 1. The van der Waals surface area contributed by atoms with Gasteiger partial charge in [0.15, 0.2) is 0 Å². The van der Waals surface area contributed by atoms with Crippen molar-refractivity contribution in [3.05, 3.63) is 15.5 Å². The van der Waals surface area contributed by atoms with Crippen LogP contribution in [0, 0.1) is 5.92 Å². The van der Waals surface area contributed by atoms with Crippen molar-refractivity contribution in [2.75, 3.05) is 5.88 Å². The highest BCUT2D eigenvalue weighted by molar-refractivity contribution is 7.14. The van der Waals surface area contributed by atoms with Crippen molar-refractivity contribution in [1.29, 1.82) is 0 Å². The molecule has 0 saturated carbocycles. The lowest BCUT2D eigenvalue weighted by Gasteiger charge is -2.08. The molecule has 0 saturated heterocycles. The first-order valence-electron chi connectivity index (χ1n) is 3.91. The maximum Gasteiger partial charge on any atom is 0.116 e. The second-order valence-electron chi connectivity index (χ2n) is 2.71. The third-order valence-electron chi connectivity index (χ3n) is 1.87. The van der Waals surface area contributed by atoms with Crippen LogP contribution in [0.3, 0.4) is 0 Å². The predicted molar refractivity (Wildman–Crippen MR) is 55.3 cm³/mol. The number of hydrogen-bond donors (Lipinski definition) is 0. The SMILES string of the molecule is CCC(CCl)Cc1ncsc1Cl. The third-order valence-corrected chi connectivity index (χ3v) is 3.44. The van der Waals surface area contributed by atoms with Crippen LogP contribution in [0.15, 0.2) is 5.51 Å². The van der Waals surface area contributed by atoms with Crippen LogP contribution < -0.4 is 0 Å². The summed E-state index contributed by atoms with van der Waals surface area (Å²) in [5, 5.41) is 0. The van der Waals surface area contributed by atoms with Gasteiger partial charge in [0.25, 0.3) is 0 Å². The smallest absolute Gasteiger partial charge is 0.116 e. The van der Waals surface area contributed by atoms with Crippen LogP contribution in [0.25, 0.3) is 0 Å². The molecule has 0 spiro atoms.